The Bertz CT molecular complexity index is 685. The summed E-state index contributed by atoms with van der Waals surface area (Å²) in [6.45, 7) is 1.05. The lowest BCUT2D eigenvalue weighted by Gasteiger charge is -2.19. The van der Waals surface area contributed by atoms with Crippen LogP contribution in [0.2, 0.25) is 0 Å². The van der Waals surface area contributed by atoms with E-state index in [0.29, 0.717) is 18.8 Å². The van der Waals surface area contributed by atoms with Gasteiger partial charge in [0, 0.05) is 11.6 Å². The zero-order chi connectivity index (χ0) is 15.5. The van der Waals surface area contributed by atoms with Gasteiger partial charge >= 0.3 is 0 Å². The highest BCUT2D eigenvalue weighted by Crippen LogP contribution is 2.21. The summed E-state index contributed by atoms with van der Waals surface area (Å²) in [7, 11) is 0. The Kier molecular flexibility index (Phi) is 4.15. The summed E-state index contributed by atoms with van der Waals surface area (Å²) >= 11 is 0. The van der Waals surface area contributed by atoms with Gasteiger partial charge in [0.1, 0.15) is 5.69 Å². The third-order valence-corrected chi connectivity index (χ3v) is 3.50. The number of nitrogens with zero attached hydrogens (tertiary/aromatic N) is 1. The Morgan fingerprint density at radius 3 is 3.05 bits per heavy atom. The first-order valence-electron chi connectivity index (χ1n) is 6.85. The first kappa shape index (κ1) is 14.6. The molecule has 0 bridgehead atoms. The molecule has 0 saturated heterocycles. The largest absolute Gasteiger partial charge is 0.376 e. The van der Waals surface area contributed by atoms with Crippen LogP contribution in [0, 0.1) is 0 Å². The van der Waals surface area contributed by atoms with Crippen LogP contribution in [0.4, 0.5) is 8.78 Å². The maximum atomic E-state index is 12.4. The Morgan fingerprint density at radius 2 is 2.27 bits per heavy atom. The van der Waals surface area contributed by atoms with Crippen LogP contribution in [-0.2, 0) is 24.3 Å². The zero-order valence-corrected chi connectivity index (χ0v) is 11.6. The van der Waals surface area contributed by atoms with Crippen molar-refractivity contribution in [2.24, 2.45) is 0 Å². The van der Waals surface area contributed by atoms with E-state index >= 15 is 0 Å². The van der Waals surface area contributed by atoms with Crippen molar-refractivity contribution in [2.45, 2.75) is 26.0 Å². The van der Waals surface area contributed by atoms with Gasteiger partial charge in [0.05, 0.1) is 19.8 Å². The van der Waals surface area contributed by atoms with E-state index in [1.54, 1.807) is 6.07 Å². The van der Waals surface area contributed by atoms with Crippen molar-refractivity contribution in [3.05, 3.63) is 52.4 Å². The Morgan fingerprint density at radius 1 is 1.41 bits per heavy atom. The topological polar surface area (TPSA) is 64.4 Å². The molecule has 1 aromatic heterocycles. The molecule has 2 heterocycles. The number of hydrogen-bond acceptors (Lipinski definition) is 4. The maximum Gasteiger partial charge on any atom is 0.283 e. The molecule has 0 unspecified atom stereocenters. The SMILES string of the molecule is O=C(NCc1cc(C(F)F)no1)c1cccc2c1COCC2. The molecule has 1 amide bonds. The van der Waals surface area contributed by atoms with Gasteiger partial charge < -0.3 is 14.6 Å². The number of aromatic nitrogens is 1. The van der Waals surface area contributed by atoms with Gasteiger partial charge in [-0.3, -0.25) is 4.79 Å². The molecular weight excluding hydrogens is 294 g/mol. The lowest BCUT2D eigenvalue weighted by atomic mass is 9.97. The van der Waals surface area contributed by atoms with E-state index < -0.39 is 12.1 Å². The number of hydrogen-bond donors (Lipinski definition) is 1. The van der Waals surface area contributed by atoms with Gasteiger partial charge in [-0.15, -0.1) is 0 Å². The monoisotopic (exact) mass is 308 g/mol. The normalized spacial score (nSPS) is 14.0. The molecule has 1 aromatic carbocycles. The second-order valence-corrected chi connectivity index (χ2v) is 4.95. The van der Waals surface area contributed by atoms with Gasteiger partial charge in [-0.1, -0.05) is 17.3 Å². The van der Waals surface area contributed by atoms with Gasteiger partial charge in [0.2, 0.25) is 0 Å². The van der Waals surface area contributed by atoms with Crippen LogP contribution in [0.5, 0.6) is 0 Å². The fourth-order valence-corrected chi connectivity index (χ4v) is 2.39. The summed E-state index contributed by atoms with van der Waals surface area (Å²) in [6.07, 6.45) is -1.91. The minimum Gasteiger partial charge on any atom is -0.376 e. The number of amides is 1. The van der Waals surface area contributed by atoms with E-state index in [1.807, 2.05) is 12.1 Å². The second kappa shape index (κ2) is 6.23. The average Bonchev–Trinajstić information content (AvgIpc) is 3.01. The molecule has 2 aromatic rings. The van der Waals surface area contributed by atoms with Gasteiger partial charge in [-0.2, -0.15) is 0 Å². The Labute approximate surface area is 125 Å². The summed E-state index contributed by atoms with van der Waals surface area (Å²) < 4.78 is 35.0. The minimum absolute atomic E-state index is 0.00305. The van der Waals surface area contributed by atoms with E-state index in [2.05, 4.69) is 10.5 Å². The van der Waals surface area contributed by atoms with Crippen molar-refractivity contribution in [3.8, 4) is 0 Å². The first-order valence-corrected chi connectivity index (χ1v) is 6.85. The van der Waals surface area contributed by atoms with Crippen molar-refractivity contribution in [1.29, 1.82) is 0 Å². The smallest absolute Gasteiger partial charge is 0.283 e. The standard InChI is InChI=1S/C15H14F2N2O3/c16-14(17)13-6-10(22-19-13)7-18-15(20)11-3-1-2-9-4-5-21-8-12(9)11/h1-3,6,14H,4-5,7-8H2,(H,18,20). The van der Waals surface area contributed by atoms with Gasteiger partial charge in [0.15, 0.2) is 5.76 Å². The van der Waals surface area contributed by atoms with Crippen molar-refractivity contribution in [3.63, 3.8) is 0 Å². The number of halogens is 2. The van der Waals surface area contributed by atoms with E-state index in [1.165, 1.54) is 0 Å². The van der Waals surface area contributed by atoms with Crippen LogP contribution in [0.3, 0.4) is 0 Å². The number of carbonyl (C=O) groups is 1. The quantitative estimate of drug-likeness (QED) is 0.943. The molecule has 1 aliphatic rings. The number of rotatable bonds is 4. The number of benzene rings is 1. The number of carbonyl (C=O) groups excluding carboxylic acids is 1. The zero-order valence-electron chi connectivity index (χ0n) is 11.6. The average molecular weight is 308 g/mol. The predicted octanol–water partition coefficient (Wildman–Crippen LogP) is 2.61. The summed E-state index contributed by atoms with van der Waals surface area (Å²) in [6, 6.07) is 6.64. The molecule has 116 valence electrons. The lowest BCUT2D eigenvalue weighted by Crippen LogP contribution is -2.25. The highest BCUT2D eigenvalue weighted by molar-refractivity contribution is 5.96. The molecule has 0 spiro atoms. The van der Waals surface area contributed by atoms with Gasteiger partial charge in [-0.25, -0.2) is 8.78 Å². The van der Waals surface area contributed by atoms with Gasteiger partial charge in [-0.05, 0) is 23.6 Å². The number of alkyl halides is 2. The van der Waals surface area contributed by atoms with Gasteiger partial charge in [0.25, 0.3) is 12.3 Å². The molecule has 3 rings (SSSR count). The van der Waals surface area contributed by atoms with E-state index in [4.69, 9.17) is 9.26 Å². The fraction of sp³-hybridized carbons (Fsp3) is 0.333. The van der Waals surface area contributed by atoms with E-state index in [0.717, 1.165) is 23.6 Å². The van der Waals surface area contributed by atoms with Crippen LogP contribution in [0.25, 0.3) is 0 Å². The summed E-state index contributed by atoms with van der Waals surface area (Å²) in [5.41, 5.74) is 2.07. The molecule has 0 radical (unpaired) electrons. The molecule has 0 fully saturated rings. The second-order valence-electron chi connectivity index (χ2n) is 4.95. The van der Waals surface area contributed by atoms with Crippen molar-refractivity contribution < 1.29 is 22.8 Å². The summed E-state index contributed by atoms with van der Waals surface area (Å²) in [5.74, 6) is -0.109. The third-order valence-electron chi connectivity index (χ3n) is 3.50. The summed E-state index contributed by atoms with van der Waals surface area (Å²) in [4.78, 5) is 12.3. The lowest BCUT2D eigenvalue weighted by molar-refractivity contribution is 0.0920. The number of nitrogens with one attached hydrogen (secondary N) is 1. The van der Waals surface area contributed by atoms with Crippen LogP contribution in [0.1, 0.15) is 39.4 Å². The predicted molar refractivity (Wildman–Crippen MR) is 72.4 cm³/mol. The molecule has 1 aliphatic heterocycles. The molecule has 1 N–H and O–H groups in total. The van der Waals surface area contributed by atoms with Crippen molar-refractivity contribution >= 4 is 5.91 Å². The third kappa shape index (κ3) is 2.99. The molecule has 5 nitrogen and oxygen atoms in total. The first-order chi connectivity index (χ1) is 10.6. The number of ether oxygens (including phenoxy) is 1. The summed E-state index contributed by atoms with van der Waals surface area (Å²) in [5, 5.41) is 5.88. The highest BCUT2D eigenvalue weighted by Gasteiger charge is 2.19. The van der Waals surface area contributed by atoms with Crippen LogP contribution in [-0.4, -0.2) is 17.7 Å². The maximum absolute atomic E-state index is 12.4. The molecule has 22 heavy (non-hydrogen) atoms. The molecule has 0 saturated carbocycles. The fourth-order valence-electron chi connectivity index (χ4n) is 2.39. The molecule has 7 heteroatoms. The minimum atomic E-state index is -2.69. The highest BCUT2D eigenvalue weighted by atomic mass is 19.3. The van der Waals surface area contributed by atoms with Crippen LogP contribution < -0.4 is 5.32 Å². The van der Waals surface area contributed by atoms with Crippen LogP contribution >= 0.6 is 0 Å². The Balaban J connectivity index is 1.69. The molecule has 0 aliphatic carbocycles. The van der Waals surface area contributed by atoms with Crippen LogP contribution in [0.15, 0.2) is 28.8 Å². The van der Waals surface area contributed by atoms with Crippen molar-refractivity contribution in [1.82, 2.24) is 10.5 Å². The van der Waals surface area contributed by atoms with Crippen molar-refractivity contribution in [2.75, 3.05) is 6.61 Å². The Hall–Kier alpha value is -2.28. The molecular formula is C15H14F2N2O3. The molecule has 0 atom stereocenters. The van der Waals surface area contributed by atoms with E-state index in [9.17, 15) is 13.6 Å². The van der Waals surface area contributed by atoms with E-state index in [-0.39, 0.29) is 18.2 Å². The number of fused-ring (bicyclic) bond motifs is 1.